The summed E-state index contributed by atoms with van der Waals surface area (Å²) in [6, 6.07) is 9.51. The lowest BCUT2D eigenvalue weighted by Crippen LogP contribution is -2.44. The molecule has 1 amide bonds. The van der Waals surface area contributed by atoms with Gasteiger partial charge in [-0.3, -0.25) is 24.0 Å². The third-order valence-corrected chi connectivity index (χ3v) is 5.83. The minimum Gasteiger partial charge on any atom is -0.367 e. The van der Waals surface area contributed by atoms with E-state index in [9.17, 15) is 19.7 Å². The molecule has 1 saturated heterocycles. The van der Waals surface area contributed by atoms with E-state index in [0.29, 0.717) is 11.2 Å². The van der Waals surface area contributed by atoms with Gasteiger partial charge in [-0.2, -0.15) is 0 Å². The van der Waals surface area contributed by atoms with Gasteiger partial charge in [-0.1, -0.05) is 12.1 Å². The van der Waals surface area contributed by atoms with Gasteiger partial charge in [-0.05, 0) is 25.2 Å². The quantitative estimate of drug-likeness (QED) is 0.506. The number of piperazine rings is 1. The van der Waals surface area contributed by atoms with Crippen molar-refractivity contribution in [3.8, 4) is 0 Å². The van der Waals surface area contributed by atoms with E-state index in [4.69, 9.17) is 0 Å². The summed E-state index contributed by atoms with van der Waals surface area (Å²) in [5.74, 6) is -0.567. The Morgan fingerprint density at radius 1 is 1.00 bits per heavy atom. The van der Waals surface area contributed by atoms with Gasteiger partial charge in [-0.25, -0.2) is 4.79 Å². The van der Waals surface area contributed by atoms with Gasteiger partial charge in [0.05, 0.1) is 27.3 Å². The molecule has 1 fully saturated rings. The van der Waals surface area contributed by atoms with Crippen molar-refractivity contribution in [3.05, 3.63) is 62.6 Å². The molecule has 1 aromatic heterocycles. The van der Waals surface area contributed by atoms with Gasteiger partial charge in [0.15, 0.2) is 0 Å². The van der Waals surface area contributed by atoms with Gasteiger partial charge < -0.3 is 15.1 Å². The molecule has 1 aliphatic rings. The van der Waals surface area contributed by atoms with Crippen LogP contribution in [0.15, 0.2) is 41.2 Å². The highest BCUT2D eigenvalue weighted by atomic mass is 16.6. The molecule has 0 aliphatic carbocycles. The van der Waals surface area contributed by atoms with Crippen LogP contribution in [-0.2, 0) is 14.1 Å². The van der Waals surface area contributed by atoms with Crippen molar-refractivity contribution in [2.24, 2.45) is 14.1 Å². The summed E-state index contributed by atoms with van der Waals surface area (Å²) >= 11 is 0. The first-order valence-corrected chi connectivity index (χ1v) is 9.95. The Bertz CT molecular complexity index is 1240. The number of likely N-dealkylation sites (N-methyl/N-ethyl adjacent to an activating group) is 1. The molecule has 0 spiro atoms. The molecule has 0 unspecified atom stereocenters. The van der Waals surface area contributed by atoms with Gasteiger partial charge in [0.25, 0.3) is 11.6 Å². The van der Waals surface area contributed by atoms with Crippen molar-refractivity contribution < 1.29 is 9.72 Å². The number of aromatic nitrogens is 2. The molecular weight excluding hydrogens is 400 g/mol. The number of anilines is 2. The lowest BCUT2D eigenvalue weighted by Gasteiger charge is -2.35. The van der Waals surface area contributed by atoms with Crippen molar-refractivity contribution in [1.29, 1.82) is 0 Å². The fourth-order valence-corrected chi connectivity index (χ4v) is 3.96. The van der Waals surface area contributed by atoms with Crippen LogP contribution in [0.5, 0.6) is 0 Å². The van der Waals surface area contributed by atoms with E-state index in [1.165, 1.54) is 22.8 Å². The van der Waals surface area contributed by atoms with Gasteiger partial charge in [0, 0.05) is 46.3 Å². The standard InChI is InChI=1S/C21H24N6O4/c1-23-8-10-26(11-9-23)17-13-19-18(24(2)21(29)25(19)3)12-15(17)22-20(28)14-6-4-5-7-16(14)27(30)31/h4-7,12-13H,8-11H2,1-3H3,(H,22,28). The first-order chi connectivity index (χ1) is 14.8. The van der Waals surface area contributed by atoms with Gasteiger partial charge in [-0.15, -0.1) is 0 Å². The molecule has 10 nitrogen and oxygen atoms in total. The molecule has 1 aliphatic heterocycles. The monoisotopic (exact) mass is 424 g/mol. The Hall–Kier alpha value is -3.66. The number of nitro benzene ring substituents is 1. The molecule has 0 saturated carbocycles. The van der Waals surface area contributed by atoms with Crippen molar-refractivity contribution in [2.75, 3.05) is 43.4 Å². The normalized spacial score (nSPS) is 14.7. The molecule has 0 radical (unpaired) electrons. The molecule has 0 atom stereocenters. The zero-order chi connectivity index (χ0) is 22.3. The number of carbonyl (C=O) groups is 1. The minimum absolute atomic E-state index is 0.0149. The highest BCUT2D eigenvalue weighted by Gasteiger charge is 2.24. The summed E-state index contributed by atoms with van der Waals surface area (Å²) in [6.07, 6.45) is 0. The Morgan fingerprint density at radius 2 is 1.61 bits per heavy atom. The second kappa shape index (κ2) is 7.88. The van der Waals surface area contributed by atoms with Crippen LogP contribution in [0.2, 0.25) is 0 Å². The van der Waals surface area contributed by atoms with Crippen molar-refractivity contribution in [2.45, 2.75) is 0 Å². The number of carbonyl (C=O) groups excluding carboxylic acids is 1. The number of nitrogens with one attached hydrogen (secondary N) is 1. The third kappa shape index (κ3) is 3.66. The average Bonchev–Trinajstić information content (AvgIpc) is 2.97. The van der Waals surface area contributed by atoms with Crippen LogP contribution in [0.3, 0.4) is 0 Å². The van der Waals surface area contributed by atoms with Gasteiger partial charge in [0.1, 0.15) is 5.56 Å². The van der Waals surface area contributed by atoms with Crippen molar-refractivity contribution in [3.63, 3.8) is 0 Å². The van der Waals surface area contributed by atoms with E-state index in [0.717, 1.165) is 37.4 Å². The number of nitro groups is 1. The maximum Gasteiger partial charge on any atom is 0.328 e. The van der Waals surface area contributed by atoms with Crippen LogP contribution in [0.25, 0.3) is 11.0 Å². The summed E-state index contributed by atoms with van der Waals surface area (Å²) in [7, 11) is 5.44. The Morgan fingerprint density at radius 3 is 2.26 bits per heavy atom. The predicted molar refractivity (Wildman–Crippen MR) is 119 cm³/mol. The van der Waals surface area contributed by atoms with E-state index < -0.39 is 10.8 Å². The Balaban J connectivity index is 1.81. The highest BCUT2D eigenvalue weighted by molar-refractivity contribution is 6.09. The summed E-state index contributed by atoms with van der Waals surface area (Å²) in [6.45, 7) is 3.25. The van der Waals surface area contributed by atoms with Crippen LogP contribution in [0.1, 0.15) is 10.4 Å². The van der Waals surface area contributed by atoms with E-state index in [1.54, 1.807) is 30.8 Å². The first kappa shape index (κ1) is 20.6. The Labute approximate surface area is 178 Å². The number of para-hydroxylation sites is 1. The summed E-state index contributed by atoms with van der Waals surface area (Å²) in [5.41, 5.74) is 2.29. The second-order valence-electron chi connectivity index (χ2n) is 7.78. The lowest BCUT2D eigenvalue weighted by molar-refractivity contribution is -0.385. The number of amides is 1. The molecule has 0 bridgehead atoms. The van der Waals surface area contributed by atoms with E-state index in [2.05, 4.69) is 22.2 Å². The fourth-order valence-electron chi connectivity index (χ4n) is 3.96. The number of rotatable bonds is 4. The predicted octanol–water partition coefficient (Wildman–Crippen LogP) is 1.79. The lowest BCUT2D eigenvalue weighted by atomic mass is 10.1. The van der Waals surface area contributed by atoms with Gasteiger partial charge in [0.2, 0.25) is 0 Å². The molecule has 1 N–H and O–H groups in total. The third-order valence-electron chi connectivity index (χ3n) is 5.83. The van der Waals surface area contributed by atoms with Crippen molar-refractivity contribution >= 4 is 34.0 Å². The smallest absolute Gasteiger partial charge is 0.328 e. The van der Waals surface area contributed by atoms with E-state index >= 15 is 0 Å². The second-order valence-corrected chi connectivity index (χ2v) is 7.78. The van der Waals surface area contributed by atoms with E-state index in [1.807, 2.05) is 6.07 Å². The van der Waals surface area contributed by atoms with Crippen LogP contribution in [0.4, 0.5) is 17.1 Å². The number of hydrogen-bond acceptors (Lipinski definition) is 6. The molecule has 4 rings (SSSR count). The van der Waals surface area contributed by atoms with Crippen LogP contribution in [-0.4, -0.2) is 58.1 Å². The topological polar surface area (TPSA) is 106 Å². The SMILES string of the molecule is CN1CCN(c2cc3c(cc2NC(=O)c2ccccc2[N+](=O)[O-])n(C)c(=O)n3C)CC1. The van der Waals surface area contributed by atoms with Crippen LogP contribution >= 0.6 is 0 Å². The number of imidazole rings is 1. The molecule has 2 heterocycles. The molecular formula is C21H24N6O4. The maximum atomic E-state index is 13.0. The molecule has 3 aromatic rings. The van der Waals surface area contributed by atoms with Gasteiger partial charge >= 0.3 is 5.69 Å². The van der Waals surface area contributed by atoms with Crippen LogP contribution < -0.4 is 15.9 Å². The molecule has 31 heavy (non-hydrogen) atoms. The largest absolute Gasteiger partial charge is 0.367 e. The number of fused-ring (bicyclic) bond motifs is 1. The number of aryl methyl sites for hydroxylation is 2. The zero-order valence-electron chi connectivity index (χ0n) is 17.7. The molecule has 162 valence electrons. The fraction of sp³-hybridized carbons (Fsp3) is 0.333. The number of hydrogen-bond donors (Lipinski definition) is 1. The van der Waals surface area contributed by atoms with Crippen LogP contribution in [0, 0.1) is 10.1 Å². The summed E-state index contributed by atoms with van der Waals surface area (Å²) < 4.78 is 3.09. The molecule has 10 heteroatoms. The highest BCUT2D eigenvalue weighted by Crippen LogP contribution is 2.32. The molecule has 2 aromatic carbocycles. The van der Waals surface area contributed by atoms with E-state index in [-0.39, 0.29) is 16.9 Å². The Kier molecular flexibility index (Phi) is 5.24. The minimum atomic E-state index is -0.569. The number of benzene rings is 2. The first-order valence-electron chi connectivity index (χ1n) is 9.95. The zero-order valence-corrected chi connectivity index (χ0v) is 17.7. The number of nitrogens with zero attached hydrogens (tertiary/aromatic N) is 5. The summed E-state index contributed by atoms with van der Waals surface area (Å²) in [5, 5.41) is 14.2. The maximum absolute atomic E-state index is 13.0. The average molecular weight is 424 g/mol. The summed E-state index contributed by atoms with van der Waals surface area (Å²) in [4.78, 5) is 40.6. The van der Waals surface area contributed by atoms with Crippen molar-refractivity contribution in [1.82, 2.24) is 14.0 Å².